The van der Waals surface area contributed by atoms with Crippen molar-refractivity contribution in [1.29, 1.82) is 0 Å². The predicted molar refractivity (Wildman–Crippen MR) is 111 cm³/mol. The molecule has 1 N–H and O–H groups in total. The zero-order valence-electron chi connectivity index (χ0n) is 16.4. The van der Waals surface area contributed by atoms with Gasteiger partial charge in [-0.15, -0.1) is 0 Å². The molecule has 1 aromatic heterocycles. The summed E-state index contributed by atoms with van der Waals surface area (Å²) < 4.78 is 7.35. The molecule has 0 aliphatic heterocycles. The number of rotatable bonds is 6. The Morgan fingerprint density at radius 1 is 1.10 bits per heavy atom. The summed E-state index contributed by atoms with van der Waals surface area (Å²) in [6, 6.07) is 9.46. The molecule has 2 saturated carbocycles. The number of nitrogens with zero attached hydrogens (tertiary/aromatic N) is 2. The zero-order valence-corrected chi connectivity index (χ0v) is 17.2. The Bertz CT molecular complexity index is 866. The van der Waals surface area contributed by atoms with Gasteiger partial charge in [-0.25, -0.2) is 4.68 Å². The molecule has 0 spiro atoms. The van der Waals surface area contributed by atoms with Crippen molar-refractivity contribution in [2.45, 2.75) is 62.8 Å². The number of ether oxygens (including phenoxy) is 1. The molecular weight excluding hydrogens is 390 g/mol. The van der Waals surface area contributed by atoms with E-state index in [1.807, 2.05) is 16.8 Å². The highest BCUT2D eigenvalue weighted by molar-refractivity contribution is 6.30. The molecule has 0 atom stereocenters. The van der Waals surface area contributed by atoms with E-state index in [0.717, 1.165) is 44.1 Å². The summed E-state index contributed by atoms with van der Waals surface area (Å²) in [6.07, 6.45) is 9.58. The maximum absolute atomic E-state index is 13.0. The van der Waals surface area contributed by atoms with Gasteiger partial charge >= 0.3 is 5.97 Å². The summed E-state index contributed by atoms with van der Waals surface area (Å²) in [6.45, 7) is -0.302. The van der Waals surface area contributed by atoms with Crippen LogP contribution in [0.3, 0.4) is 0 Å². The van der Waals surface area contributed by atoms with Gasteiger partial charge in [0.2, 0.25) is 0 Å². The number of carbonyl (C=O) groups excluding carboxylic acids is 2. The summed E-state index contributed by atoms with van der Waals surface area (Å²) in [5.41, 5.74) is 0.223. The third kappa shape index (κ3) is 4.17. The Hall–Kier alpha value is -2.34. The van der Waals surface area contributed by atoms with Crippen LogP contribution in [0.5, 0.6) is 0 Å². The first kappa shape index (κ1) is 20.0. The fourth-order valence-corrected chi connectivity index (χ4v) is 4.79. The van der Waals surface area contributed by atoms with E-state index in [9.17, 15) is 9.59 Å². The second kappa shape index (κ2) is 8.57. The van der Waals surface area contributed by atoms with Gasteiger partial charge in [0.25, 0.3) is 5.91 Å². The van der Waals surface area contributed by atoms with Crippen LogP contribution >= 0.6 is 11.6 Å². The topological polar surface area (TPSA) is 73.2 Å². The van der Waals surface area contributed by atoms with Crippen molar-refractivity contribution < 1.29 is 14.3 Å². The number of anilines is 1. The number of halogens is 1. The van der Waals surface area contributed by atoms with Crippen LogP contribution in [0.4, 0.5) is 5.82 Å². The molecule has 2 aliphatic rings. The molecular formula is C22H26ClN3O3. The van der Waals surface area contributed by atoms with E-state index >= 15 is 0 Å². The number of carbonyl (C=O) groups is 2. The van der Waals surface area contributed by atoms with E-state index in [2.05, 4.69) is 10.4 Å². The van der Waals surface area contributed by atoms with Gasteiger partial charge in [0, 0.05) is 11.1 Å². The highest BCUT2D eigenvalue weighted by Gasteiger charge is 2.44. The lowest BCUT2D eigenvalue weighted by Gasteiger charge is -2.27. The number of nitrogens with one attached hydrogen (secondary N) is 1. The molecule has 1 aromatic carbocycles. The molecule has 154 valence electrons. The van der Waals surface area contributed by atoms with Crippen LogP contribution in [0.1, 0.15) is 63.0 Å². The minimum Gasteiger partial charge on any atom is -0.455 e. The van der Waals surface area contributed by atoms with Gasteiger partial charge in [-0.3, -0.25) is 9.59 Å². The molecule has 4 rings (SSSR count). The van der Waals surface area contributed by atoms with Gasteiger partial charge in [0.15, 0.2) is 6.61 Å². The normalized spacial score (nSPS) is 18.7. The van der Waals surface area contributed by atoms with Crippen LogP contribution in [-0.4, -0.2) is 28.3 Å². The van der Waals surface area contributed by atoms with Gasteiger partial charge in [-0.2, -0.15) is 5.10 Å². The van der Waals surface area contributed by atoms with Crippen LogP contribution < -0.4 is 5.32 Å². The number of benzene rings is 1. The average Bonchev–Trinajstić information content (AvgIpc) is 3.47. The SMILES string of the molecule is O=C(COC(=O)C1(c2ccc(Cl)cc2)CCCC1)Nc1ccnn1C1CCCC1. The van der Waals surface area contributed by atoms with E-state index in [4.69, 9.17) is 16.3 Å². The van der Waals surface area contributed by atoms with E-state index in [-0.39, 0.29) is 18.5 Å². The molecule has 0 unspecified atom stereocenters. The van der Waals surface area contributed by atoms with Gasteiger partial charge < -0.3 is 10.1 Å². The maximum atomic E-state index is 13.0. The fraction of sp³-hybridized carbons (Fsp3) is 0.500. The number of amides is 1. The third-order valence-corrected chi connectivity index (χ3v) is 6.44. The van der Waals surface area contributed by atoms with E-state index in [0.29, 0.717) is 16.9 Å². The monoisotopic (exact) mass is 415 g/mol. The second-order valence-corrected chi connectivity index (χ2v) is 8.46. The highest BCUT2D eigenvalue weighted by atomic mass is 35.5. The number of hydrogen-bond donors (Lipinski definition) is 1. The van der Waals surface area contributed by atoms with E-state index in [1.54, 1.807) is 24.4 Å². The molecule has 7 heteroatoms. The standard InChI is InChI=1S/C22H26ClN3O3/c23-17-9-7-16(8-10-17)22(12-3-4-13-22)21(28)29-15-20(27)25-19-11-14-24-26(19)18-5-1-2-6-18/h7-11,14,18H,1-6,12-13,15H2,(H,25,27). The number of aromatic nitrogens is 2. The lowest BCUT2D eigenvalue weighted by Crippen LogP contribution is -2.36. The lowest BCUT2D eigenvalue weighted by atomic mass is 9.79. The molecule has 1 amide bonds. The Morgan fingerprint density at radius 3 is 2.48 bits per heavy atom. The van der Waals surface area contributed by atoms with Crippen molar-refractivity contribution >= 4 is 29.3 Å². The molecule has 1 heterocycles. The van der Waals surface area contributed by atoms with E-state index in [1.165, 1.54) is 12.8 Å². The molecule has 0 radical (unpaired) electrons. The third-order valence-electron chi connectivity index (χ3n) is 6.19. The zero-order chi connectivity index (χ0) is 20.3. The van der Waals surface area contributed by atoms with Gasteiger partial charge in [0.05, 0.1) is 17.7 Å². The Balaban J connectivity index is 1.39. The maximum Gasteiger partial charge on any atom is 0.317 e. The highest BCUT2D eigenvalue weighted by Crippen LogP contribution is 2.42. The van der Waals surface area contributed by atoms with Gasteiger partial charge in [0.1, 0.15) is 5.82 Å². The number of hydrogen-bond acceptors (Lipinski definition) is 4. The number of esters is 1. The minimum absolute atomic E-state index is 0.302. The Labute approximate surface area is 175 Å². The molecule has 0 bridgehead atoms. The van der Waals surface area contributed by atoms with Crippen molar-refractivity contribution in [3.05, 3.63) is 47.1 Å². The van der Waals surface area contributed by atoms with Crippen molar-refractivity contribution in [3.8, 4) is 0 Å². The average molecular weight is 416 g/mol. The Morgan fingerprint density at radius 2 is 1.79 bits per heavy atom. The van der Waals surface area contributed by atoms with E-state index < -0.39 is 5.41 Å². The van der Waals surface area contributed by atoms with Crippen LogP contribution in [0, 0.1) is 0 Å². The van der Waals surface area contributed by atoms with Crippen LogP contribution in [0.25, 0.3) is 0 Å². The summed E-state index contributed by atoms with van der Waals surface area (Å²) in [7, 11) is 0. The molecule has 0 saturated heterocycles. The quantitative estimate of drug-likeness (QED) is 0.697. The van der Waals surface area contributed by atoms with Crippen LogP contribution in [0.15, 0.2) is 36.5 Å². The summed E-state index contributed by atoms with van der Waals surface area (Å²) in [5.74, 6) is -0.0228. The first-order valence-corrected chi connectivity index (χ1v) is 10.7. The lowest BCUT2D eigenvalue weighted by molar-refractivity contribution is -0.153. The van der Waals surface area contributed by atoms with Gasteiger partial charge in [-0.05, 0) is 43.4 Å². The van der Waals surface area contributed by atoms with Crippen molar-refractivity contribution in [3.63, 3.8) is 0 Å². The molecule has 2 fully saturated rings. The summed E-state index contributed by atoms with van der Waals surface area (Å²) >= 11 is 6.00. The first-order chi connectivity index (χ1) is 14.1. The van der Waals surface area contributed by atoms with Crippen LogP contribution in [-0.2, 0) is 19.7 Å². The largest absolute Gasteiger partial charge is 0.455 e. The minimum atomic E-state index is -0.684. The van der Waals surface area contributed by atoms with Crippen molar-refractivity contribution in [2.75, 3.05) is 11.9 Å². The molecule has 2 aliphatic carbocycles. The molecule has 6 nitrogen and oxygen atoms in total. The predicted octanol–water partition coefficient (Wildman–Crippen LogP) is 4.65. The summed E-state index contributed by atoms with van der Waals surface area (Å²) in [4.78, 5) is 25.4. The fourth-order valence-electron chi connectivity index (χ4n) is 4.66. The van der Waals surface area contributed by atoms with Crippen LogP contribution in [0.2, 0.25) is 5.02 Å². The van der Waals surface area contributed by atoms with Gasteiger partial charge in [-0.1, -0.05) is 49.4 Å². The first-order valence-electron chi connectivity index (χ1n) is 10.4. The molecule has 29 heavy (non-hydrogen) atoms. The molecule has 2 aromatic rings. The smallest absolute Gasteiger partial charge is 0.317 e. The second-order valence-electron chi connectivity index (χ2n) is 8.02. The Kier molecular flexibility index (Phi) is 5.90. The summed E-state index contributed by atoms with van der Waals surface area (Å²) in [5, 5.41) is 7.82. The van der Waals surface area contributed by atoms with Crippen molar-refractivity contribution in [2.24, 2.45) is 0 Å². The van der Waals surface area contributed by atoms with Crippen molar-refractivity contribution in [1.82, 2.24) is 9.78 Å².